The van der Waals surface area contributed by atoms with Gasteiger partial charge >= 0.3 is 0 Å². The number of amides is 1. The number of hydrogen-bond acceptors (Lipinski definition) is 4. The predicted molar refractivity (Wildman–Crippen MR) is 78.3 cm³/mol. The fourth-order valence-electron chi connectivity index (χ4n) is 3.40. The van der Waals surface area contributed by atoms with Crippen molar-refractivity contribution in [3.05, 3.63) is 39.4 Å². The molecule has 2 saturated heterocycles. The van der Waals surface area contributed by atoms with E-state index in [1.165, 1.54) is 6.07 Å². The molecule has 1 amide bonds. The maximum atomic E-state index is 12.8. The van der Waals surface area contributed by atoms with Crippen LogP contribution < -0.4 is 5.32 Å². The van der Waals surface area contributed by atoms with Crippen LogP contribution in [0.15, 0.2) is 18.2 Å². The number of fused-ring (bicyclic) bond motifs is 2. The number of nitro groups is 1. The van der Waals surface area contributed by atoms with Crippen LogP contribution in [0.5, 0.6) is 0 Å². The zero-order valence-corrected chi connectivity index (χ0v) is 12.0. The number of aryl methyl sites for hydroxylation is 1. The maximum Gasteiger partial charge on any atom is 0.273 e. The van der Waals surface area contributed by atoms with Gasteiger partial charge in [-0.05, 0) is 38.8 Å². The third kappa shape index (κ3) is 2.51. The Morgan fingerprint density at radius 1 is 1.33 bits per heavy atom. The van der Waals surface area contributed by atoms with Crippen molar-refractivity contribution >= 4 is 11.6 Å². The lowest BCUT2D eigenvalue weighted by Crippen LogP contribution is -2.42. The van der Waals surface area contributed by atoms with Crippen molar-refractivity contribution in [2.45, 2.75) is 38.3 Å². The zero-order valence-electron chi connectivity index (χ0n) is 12.0. The van der Waals surface area contributed by atoms with Gasteiger partial charge in [-0.2, -0.15) is 0 Å². The Bertz CT molecular complexity index is 574. The second kappa shape index (κ2) is 5.44. The molecule has 6 nitrogen and oxygen atoms in total. The van der Waals surface area contributed by atoms with E-state index in [9.17, 15) is 14.9 Å². The van der Waals surface area contributed by atoms with Crippen LogP contribution in [0.25, 0.3) is 0 Å². The van der Waals surface area contributed by atoms with Gasteiger partial charge in [0.2, 0.25) is 0 Å². The quantitative estimate of drug-likeness (QED) is 0.666. The molecule has 0 aliphatic carbocycles. The van der Waals surface area contributed by atoms with Crippen LogP contribution in [0.3, 0.4) is 0 Å². The third-order valence-electron chi connectivity index (χ3n) is 4.54. The Hall–Kier alpha value is -1.95. The lowest BCUT2D eigenvalue weighted by Gasteiger charge is -2.28. The Morgan fingerprint density at radius 2 is 2.10 bits per heavy atom. The van der Waals surface area contributed by atoms with E-state index in [0.29, 0.717) is 11.1 Å². The molecule has 1 aromatic carbocycles. The van der Waals surface area contributed by atoms with E-state index in [2.05, 4.69) is 5.32 Å². The summed E-state index contributed by atoms with van der Waals surface area (Å²) in [5, 5.41) is 14.4. The fraction of sp³-hybridized carbons (Fsp3) is 0.533. The minimum Gasteiger partial charge on any atom is -0.331 e. The van der Waals surface area contributed by atoms with Crippen molar-refractivity contribution in [2.24, 2.45) is 0 Å². The molecule has 3 rings (SSSR count). The number of hydrogen-bond donors (Lipinski definition) is 1. The molecule has 2 unspecified atom stereocenters. The minimum absolute atomic E-state index is 0.0149. The summed E-state index contributed by atoms with van der Waals surface area (Å²) in [5.41, 5.74) is 1.02. The molecule has 2 fully saturated rings. The number of nitrogens with one attached hydrogen (secondary N) is 1. The molecule has 0 aromatic heterocycles. The molecule has 6 heteroatoms. The Kier molecular flexibility index (Phi) is 3.63. The van der Waals surface area contributed by atoms with Gasteiger partial charge in [0.15, 0.2) is 0 Å². The summed E-state index contributed by atoms with van der Waals surface area (Å²) in [6.45, 7) is 3.43. The molecule has 2 bridgehead atoms. The molecule has 0 saturated carbocycles. The number of nitro benzene ring substituents is 1. The predicted octanol–water partition coefficient (Wildman–Crippen LogP) is 1.87. The largest absolute Gasteiger partial charge is 0.331 e. The lowest BCUT2D eigenvalue weighted by molar-refractivity contribution is -0.385. The lowest BCUT2D eigenvalue weighted by atomic mass is 10.1. The van der Waals surface area contributed by atoms with Crippen molar-refractivity contribution in [1.82, 2.24) is 10.2 Å². The molecule has 2 aliphatic heterocycles. The smallest absolute Gasteiger partial charge is 0.273 e. The van der Waals surface area contributed by atoms with Crippen LogP contribution in [0.1, 0.15) is 35.2 Å². The van der Waals surface area contributed by atoms with Crippen molar-refractivity contribution in [2.75, 3.05) is 13.1 Å². The van der Waals surface area contributed by atoms with Crippen LogP contribution in [0.4, 0.5) is 5.69 Å². The van der Waals surface area contributed by atoms with Crippen LogP contribution in [-0.2, 0) is 0 Å². The molecule has 21 heavy (non-hydrogen) atoms. The summed E-state index contributed by atoms with van der Waals surface area (Å²) in [4.78, 5) is 25.3. The third-order valence-corrected chi connectivity index (χ3v) is 4.54. The number of benzene rings is 1. The summed E-state index contributed by atoms with van der Waals surface area (Å²) in [5.74, 6) is -0.0747. The normalized spacial score (nSPS) is 24.7. The van der Waals surface area contributed by atoms with Crippen LogP contribution >= 0.6 is 0 Å². The molecule has 2 atom stereocenters. The van der Waals surface area contributed by atoms with Gasteiger partial charge in [-0.25, -0.2) is 0 Å². The van der Waals surface area contributed by atoms with E-state index in [4.69, 9.17) is 0 Å². The second-order valence-corrected chi connectivity index (χ2v) is 5.85. The maximum absolute atomic E-state index is 12.8. The molecule has 1 aromatic rings. The van der Waals surface area contributed by atoms with Crippen molar-refractivity contribution < 1.29 is 9.72 Å². The molecular weight excluding hydrogens is 270 g/mol. The van der Waals surface area contributed by atoms with E-state index >= 15 is 0 Å². The highest BCUT2D eigenvalue weighted by Crippen LogP contribution is 2.30. The number of carbonyl (C=O) groups excluding carboxylic acids is 1. The molecule has 2 aliphatic rings. The first-order chi connectivity index (χ1) is 10.1. The Labute approximate surface area is 123 Å². The van der Waals surface area contributed by atoms with Crippen molar-refractivity contribution in [3.8, 4) is 0 Å². The number of rotatable bonds is 2. The van der Waals surface area contributed by atoms with Gasteiger partial charge in [-0.3, -0.25) is 14.9 Å². The highest BCUT2D eigenvalue weighted by molar-refractivity contribution is 5.95. The van der Waals surface area contributed by atoms with Crippen LogP contribution in [0.2, 0.25) is 0 Å². The Morgan fingerprint density at radius 3 is 2.86 bits per heavy atom. The molecule has 0 radical (unpaired) electrons. The summed E-state index contributed by atoms with van der Waals surface area (Å²) in [7, 11) is 0. The van der Waals surface area contributed by atoms with Crippen molar-refractivity contribution in [1.29, 1.82) is 0 Å². The van der Waals surface area contributed by atoms with E-state index in [0.717, 1.165) is 32.4 Å². The van der Waals surface area contributed by atoms with E-state index in [1.54, 1.807) is 19.1 Å². The van der Waals surface area contributed by atoms with Crippen LogP contribution in [-0.4, -0.2) is 40.9 Å². The number of carbonyl (C=O) groups is 1. The van der Waals surface area contributed by atoms with Gasteiger partial charge in [0, 0.05) is 35.8 Å². The summed E-state index contributed by atoms with van der Waals surface area (Å²) in [6.07, 6.45) is 3.00. The van der Waals surface area contributed by atoms with Gasteiger partial charge in [0.05, 0.1) is 4.92 Å². The van der Waals surface area contributed by atoms with Crippen molar-refractivity contribution in [3.63, 3.8) is 0 Å². The fourth-order valence-corrected chi connectivity index (χ4v) is 3.40. The van der Waals surface area contributed by atoms with Gasteiger partial charge < -0.3 is 10.2 Å². The summed E-state index contributed by atoms with van der Waals surface area (Å²) >= 11 is 0. The molecule has 2 heterocycles. The first-order valence-electron chi connectivity index (χ1n) is 7.36. The highest BCUT2D eigenvalue weighted by Gasteiger charge is 2.38. The molecule has 112 valence electrons. The van der Waals surface area contributed by atoms with Gasteiger partial charge in [0.1, 0.15) is 0 Å². The van der Waals surface area contributed by atoms with Gasteiger partial charge in [0.25, 0.3) is 11.6 Å². The first kappa shape index (κ1) is 14.0. The Balaban J connectivity index is 1.91. The molecule has 0 spiro atoms. The average Bonchev–Trinajstić information content (AvgIpc) is 2.71. The topological polar surface area (TPSA) is 75.5 Å². The van der Waals surface area contributed by atoms with E-state index in [-0.39, 0.29) is 23.7 Å². The van der Waals surface area contributed by atoms with E-state index in [1.807, 2.05) is 4.90 Å². The van der Waals surface area contributed by atoms with Crippen LogP contribution in [0, 0.1) is 17.0 Å². The average molecular weight is 289 g/mol. The molecular formula is C15H19N3O3. The van der Waals surface area contributed by atoms with E-state index < -0.39 is 4.92 Å². The van der Waals surface area contributed by atoms with Gasteiger partial charge in [-0.15, -0.1) is 0 Å². The highest BCUT2D eigenvalue weighted by atomic mass is 16.6. The zero-order chi connectivity index (χ0) is 15.0. The van der Waals surface area contributed by atoms with Gasteiger partial charge in [-0.1, -0.05) is 6.07 Å². The summed E-state index contributed by atoms with van der Waals surface area (Å²) < 4.78 is 0. The standard InChI is InChI=1S/C15H19N3O3/c1-10-2-3-11(8-14(10)18(20)21)15(19)17-12-4-5-13(17)9-16-7-6-12/h2-3,8,12-13,16H,4-7,9H2,1H3. The second-order valence-electron chi connectivity index (χ2n) is 5.85. The monoisotopic (exact) mass is 289 g/mol. The summed E-state index contributed by atoms with van der Waals surface area (Å²) in [6, 6.07) is 5.24. The SMILES string of the molecule is Cc1ccc(C(=O)N2C3CCNCC2CC3)cc1[N+](=O)[O-]. The number of nitrogens with zero attached hydrogens (tertiary/aromatic N) is 2. The minimum atomic E-state index is -0.426. The molecule has 1 N–H and O–H groups in total. The first-order valence-corrected chi connectivity index (χ1v) is 7.36.